The van der Waals surface area contributed by atoms with Crippen LogP contribution in [0.3, 0.4) is 0 Å². The number of carbonyl (C=O) groups excluding carboxylic acids is 1. The van der Waals surface area contributed by atoms with Gasteiger partial charge in [0.1, 0.15) is 0 Å². The molecular formula is C40H77NO3. The van der Waals surface area contributed by atoms with Gasteiger partial charge in [-0.25, -0.2) is 0 Å². The van der Waals surface area contributed by atoms with Crippen LogP contribution in [0.15, 0.2) is 24.3 Å². The lowest BCUT2D eigenvalue weighted by Gasteiger charge is -2.22. The van der Waals surface area contributed by atoms with E-state index in [1.165, 1.54) is 141 Å². The molecule has 0 rings (SSSR count). The lowest BCUT2D eigenvalue weighted by atomic mass is 10.0. The summed E-state index contributed by atoms with van der Waals surface area (Å²) >= 11 is 0. The molecule has 0 saturated carbocycles. The molecule has 0 aromatic rings. The topological polar surface area (TPSA) is 69.6 Å². The number of unbranched alkanes of at least 4 members (excludes halogenated alkanes) is 24. The maximum absolute atomic E-state index is 12.2. The van der Waals surface area contributed by atoms with Gasteiger partial charge >= 0.3 is 0 Å². The van der Waals surface area contributed by atoms with E-state index in [4.69, 9.17) is 0 Å². The average Bonchev–Trinajstić information content (AvgIpc) is 3.02. The molecule has 4 heteroatoms. The smallest absolute Gasteiger partial charge is 0.220 e. The second-order valence-corrected chi connectivity index (χ2v) is 13.4. The molecule has 0 spiro atoms. The summed E-state index contributed by atoms with van der Waals surface area (Å²) in [4.78, 5) is 12.2. The zero-order valence-electron chi connectivity index (χ0n) is 29.7. The highest BCUT2D eigenvalue weighted by atomic mass is 16.3. The number of rotatable bonds is 35. The fourth-order valence-electron chi connectivity index (χ4n) is 5.92. The van der Waals surface area contributed by atoms with Gasteiger partial charge in [0.25, 0.3) is 0 Å². The molecule has 4 nitrogen and oxygen atoms in total. The molecule has 0 aromatic carbocycles. The highest BCUT2D eigenvalue weighted by molar-refractivity contribution is 5.76. The average molecular weight is 620 g/mol. The van der Waals surface area contributed by atoms with Crippen molar-refractivity contribution < 1.29 is 15.0 Å². The molecule has 0 bridgehead atoms. The maximum atomic E-state index is 12.2. The van der Waals surface area contributed by atoms with E-state index in [0.29, 0.717) is 12.8 Å². The van der Waals surface area contributed by atoms with Gasteiger partial charge in [-0.2, -0.15) is 0 Å². The van der Waals surface area contributed by atoms with Crippen LogP contribution in [-0.2, 0) is 4.79 Å². The van der Waals surface area contributed by atoms with Crippen molar-refractivity contribution in [1.29, 1.82) is 0 Å². The van der Waals surface area contributed by atoms with Crippen molar-refractivity contribution in [2.24, 2.45) is 0 Å². The van der Waals surface area contributed by atoms with Crippen molar-refractivity contribution in [3.8, 4) is 0 Å². The van der Waals surface area contributed by atoms with Crippen LogP contribution >= 0.6 is 0 Å². The highest BCUT2D eigenvalue weighted by Gasteiger charge is 2.19. The van der Waals surface area contributed by atoms with Gasteiger partial charge < -0.3 is 15.5 Å². The first-order valence-electron chi connectivity index (χ1n) is 19.5. The SMILES string of the molecule is CCCCCCC/C=C\C/C=C\CCCCCCCCCCCCCCCCCCCC(=O)NC(CO)C(O)CCCCC. The lowest BCUT2D eigenvalue weighted by Crippen LogP contribution is -2.45. The van der Waals surface area contributed by atoms with E-state index in [0.717, 1.165) is 38.5 Å². The van der Waals surface area contributed by atoms with Crippen molar-refractivity contribution in [2.75, 3.05) is 6.61 Å². The number of hydrogen-bond acceptors (Lipinski definition) is 3. The fourth-order valence-corrected chi connectivity index (χ4v) is 5.92. The van der Waals surface area contributed by atoms with Gasteiger partial charge in [0.05, 0.1) is 18.8 Å². The predicted molar refractivity (Wildman–Crippen MR) is 193 cm³/mol. The Hall–Kier alpha value is -1.13. The number of hydrogen-bond donors (Lipinski definition) is 3. The van der Waals surface area contributed by atoms with Crippen LogP contribution in [0.5, 0.6) is 0 Å². The first-order chi connectivity index (χ1) is 21.7. The third-order valence-electron chi connectivity index (χ3n) is 8.97. The molecule has 0 aliphatic heterocycles. The zero-order valence-corrected chi connectivity index (χ0v) is 29.7. The Balaban J connectivity index is 3.33. The van der Waals surface area contributed by atoms with Crippen LogP contribution in [-0.4, -0.2) is 34.9 Å². The monoisotopic (exact) mass is 620 g/mol. The quantitative estimate of drug-likeness (QED) is 0.0488. The molecule has 0 radical (unpaired) electrons. The van der Waals surface area contributed by atoms with E-state index >= 15 is 0 Å². The van der Waals surface area contributed by atoms with Crippen LogP contribution < -0.4 is 5.32 Å². The van der Waals surface area contributed by atoms with Crippen molar-refractivity contribution in [3.05, 3.63) is 24.3 Å². The number of nitrogens with one attached hydrogen (secondary N) is 1. The van der Waals surface area contributed by atoms with Gasteiger partial charge in [-0.15, -0.1) is 0 Å². The molecule has 260 valence electrons. The minimum atomic E-state index is -0.652. The largest absolute Gasteiger partial charge is 0.394 e. The summed E-state index contributed by atoms with van der Waals surface area (Å²) in [5, 5.41) is 22.5. The summed E-state index contributed by atoms with van der Waals surface area (Å²) in [5.74, 6) is -0.0422. The minimum Gasteiger partial charge on any atom is -0.394 e. The number of aliphatic hydroxyl groups excluding tert-OH is 2. The van der Waals surface area contributed by atoms with E-state index in [1.807, 2.05) is 0 Å². The molecule has 1 amide bonds. The van der Waals surface area contributed by atoms with Crippen molar-refractivity contribution in [2.45, 2.75) is 219 Å². The summed E-state index contributed by atoms with van der Waals surface area (Å²) in [7, 11) is 0. The Kier molecular flexibility index (Phi) is 35.4. The first-order valence-corrected chi connectivity index (χ1v) is 19.5. The van der Waals surface area contributed by atoms with E-state index in [1.54, 1.807) is 0 Å². The minimum absolute atomic E-state index is 0.0422. The van der Waals surface area contributed by atoms with Gasteiger partial charge in [-0.3, -0.25) is 4.79 Å². The van der Waals surface area contributed by atoms with Crippen molar-refractivity contribution >= 4 is 5.91 Å². The molecule has 44 heavy (non-hydrogen) atoms. The third kappa shape index (κ3) is 32.3. The molecular weight excluding hydrogens is 542 g/mol. The van der Waals surface area contributed by atoms with Crippen LogP contribution in [0.1, 0.15) is 206 Å². The second-order valence-electron chi connectivity index (χ2n) is 13.4. The van der Waals surface area contributed by atoms with Crippen LogP contribution in [0, 0.1) is 0 Å². The highest BCUT2D eigenvalue weighted by Crippen LogP contribution is 2.15. The van der Waals surface area contributed by atoms with Gasteiger partial charge in [0.15, 0.2) is 0 Å². The maximum Gasteiger partial charge on any atom is 0.220 e. The Morgan fingerprint density at radius 1 is 0.545 bits per heavy atom. The van der Waals surface area contributed by atoms with Crippen molar-refractivity contribution in [3.63, 3.8) is 0 Å². The Morgan fingerprint density at radius 3 is 1.36 bits per heavy atom. The van der Waals surface area contributed by atoms with Crippen molar-refractivity contribution in [1.82, 2.24) is 5.32 Å². The standard InChI is InChI=1S/C40H77NO3/c1-3-5-7-8-9-10-11-12-13-14-15-16-17-18-19-20-21-22-23-24-25-26-27-28-29-30-31-32-34-36-40(44)41-38(37-42)39(43)35-33-6-4-2/h11-12,14-15,38-39,42-43H,3-10,13,16-37H2,1-2H3,(H,41,44)/b12-11-,15-14-. The van der Waals surface area contributed by atoms with Gasteiger partial charge in [-0.1, -0.05) is 179 Å². The molecule has 0 fully saturated rings. The molecule has 2 unspecified atom stereocenters. The Labute approximate surface area is 275 Å². The number of carbonyl (C=O) groups is 1. The predicted octanol–water partition coefficient (Wildman–Crippen LogP) is 11.7. The Morgan fingerprint density at radius 2 is 0.932 bits per heavy atom. The first kappa shape index (κ1) is 42.9. The summed E-state index contributed by atoms with van der Waals surface area (Å²) in [6.07, 6.45) is 46.0. The van der Waals surface area contributed by atoms with Crippen LogP contribution in [0.25, 0.3) is 0 Å². The van der Waals surface area contributed by atoms with E-state index < -0.39 is 12.1 Å². The zero-order chi connectivity index (χ0) is 32.2. The normalized spacial score (nSPS) is 13.3. The number of aliphatic hydroxyl groups is 2. The van der Waals surface area contributed by atoms with E-state index in [9.17, 15) is 15.0 Å². The summed E-state index contributed by atoms with van der Waals surface area (Å²) in [5.41, 5.74) is 0. The third-order valence-corrected chi connectivity index (χ3v) is 8.97. The van der Waals surface area contributed by atoms with Crippen LogP contribution in [0.4, 0.5) is 0 Å². The lowest BCUT2D eigenvalue weighted by molar-refractivity contribution is -0.123. The summed E-state index contributed by atoms with van der Waals surface area (Å²) in [6, 6.07) is -0.528. The Bertz CT molecular complexity index is 632. The molecule has 0 saturated heterocycles. The molecule has 2 atom stereocenters. The van der Waals surface area contributed by atoms with Gasteiger partial charge in [0, 0.05) is 6.42 Å². The fraction of sp³-hybridized carbons (Fsp3) is 0.875. The molecule has 0 aromatic heterocycles. The number of amides is 1. The van der Waals surface area contributed by atoms with Gasteiger partial charge in [0.2, 0.25) is 5.91 Å². The van der Waals surface area contributed by atoms with E-state index in [-0.39, 0.29) is 12.5 Å². The summed E-state index contributed by atoms with van der Waals surface area (Å²) < 4.78 is 0. The summed E-state index contributed by atoms with van der Waals surface area (Å²) in [6.45, 7) is 4.20. The molecule has 0 aliphatic rings. The second kappa shape index (κ2) is 36.3. The molecule has 3 N–H and O–H groups in total. The number of allylic oxidation sites excluding steroid dienone is 4. The molecule has 0 aliphatic carbocycles. The van der Waals surface area contributed by atoms with Gasteiger partial charge in [-0.05, 0) is 44.9 Å². The molecule has 0 heterocycles. The van der Waals surface area contributed by atoms with E-state index in [2.05, 4.69) is 43.5 Å². The van der Waals surface area contributed by atoms with Crippen LogP contribution in [0.2, 0.25) is 0 Å².